The number of carbonyl (C=O) groups excluding carboxylic acids is 2. The van der Waals surface area contributed by atoms with E-state index in [0.717, 1.165) is 5.56 Å². The first-order chi connectivity index (χ1) is 18.1. The molecular formula is C29H29BrF2N2O4. The van der Waals surface area contributed by atoms with Crippen molar-refractivity contribution < 1.29 is 28.2 Å². The first kappa shape index (κ1) is 28.8. The van der Waals surface area contributed by atoms with Gasteiger partial charge in [0.15, 0.2) is 0 Å². The molecule has 3 aromatic rings. The summed E-state index contributed by atoms with van der Waals surface area (Å²) in [5, 5.41) is 15.9. The van der Waals surface area contributed by atoms with Gasteiger partial charge in [-0.1, -0.05) is 34.6 Å². The molecule has 38 heavy (non-hydrogen) atoms. The largest absolute Gasteiger partial charge is 0.507 e. The zero-order chi connectivity index (χ0) is 28.0. The maximum atomic E-state index is 15.6. The van der Waals surface area contributed by atoms with Gasteiger partial charge in [-0.05, 0) is 80.1 Å². The van der Waals surface area contributed by atoms with Gasteiger partial charge in [-0.2, -0.15) is 0 Å². The monoisotopic (exact) mass is 586 g/mol. The van der Waals surface area contributed by atoms with Crippen molar-refractivity contribution in [2.75, 3.05) is 6.61 Å². The van der Waals surface area contributed by atoms with E-state index in [2.05, 4.69) is 33.1 Å². The molecule has 1 unspecified atom stereocenters. The number of carbonyl (C=O) groups is 2. The summed E-state index contributed by atoms with van der Waals surface area (Å²) in [7, 11) is 0. The van der Waals surface area contributed by atoms with E-state index in [4.69, 9.17) is 4.74 Å². The van der Waals surface area contributed by atoms with Crippen molar-refractivity contribution in [2.45, 2.75) is 39.3 Å². The number of rotatable bonds is 10. The third kappa shape index (κ3) is 6.58. The number of hydrogen-bond donors (Lipinski definition) is 3. The molecule has 0 aliphatic heterocycles. The standard InChI is InChI=1S/C29H29BrF2N2O4/c1-5-33-28(20-14-19(30)10-11-22(20)31)29(37)34-23(15-25(36)38-6-2)21-13-18(12-17(4)27(21)32)26-16(3)8-7-9-24(26)35/h5,7-14,23,28,33,35H,1,6,15H2,2-4H3,(H,34,37)/t23-,28?/m0/s1. The minimum absolute atomic E-state index is 0.00770. The fraction of sp³-hybridized carbons (Fsp3) is 0.241. The summed E-state index contributed by atoms with van der Waals surface area (Å²) in [5.41, 5.74) is 2.07. The van der Waals surface area contributed by atoms with Crippen molar-refractivity contribution in [1.82, 2.24) is 10.6 Å². The summed E-state index contributed by atoms with van der Waals surface area (Å²) in [6, 6.07) is 9.88. The van der Waals surface area contributed by atoms with Crippen LogP contribution in [0.15, 0.2) is 65.8 Å². The van der Waals surface area contributed by atoms with Crippen LogP contribution in [-0.4, -0.2) is 23.6 Å². The summed E-state index contributed by atoms with van der Waals surface area (Å²) < 4.78 is 35.9. The predicted octanol–water partition coefficient (Wildman–Crippen LogP) is 6.30. The Balaban J connectivity index is 2.10. The Morgan fingerprint density at radius 2 is 1.84 bits per heavy atom. The number of benzene rings is 3. The van der Waals surface area contributed by atoms with E-state index in [1.54, 1.807) is 26.0 Å². The lowest BCUT2D eigenvalue weighted by Crippen LogP contribution is -2.39. The van der Waals surface area contributed by atoms with Crippen LogP contribution in [0.25, 0.3) is 11.1 Å². The Bertz CT molecular complexity index is 1340. The van der Waals surface area contributed by atoms with Crippen molar-refractivity contribution in [3.8, 4) is 16.9 Å². The van der Waals surface area contributed by atoms with E-state index in [0.29, 0.717) is 15.6 Å². The van der Waals surface area contributed by atoms with Gasteiger partial charge in [0.1, 0.15) is 23.4 Å². The van der Waals surface area contributed by atoms with Crippen molar-refractivity contribution in [2.24, 2.45) is 0 Å². The molecule has 1 amide bonds. The number of aromatic hydroxyl groups is 1. The fourth-order valence-corrected chi connectivity index (χ4v) is 4.64. The van der Waals surface area contributed by atoms with Crippen LogP contribution in [0, 0.1) is 25.5 Å². The lowest BCUT2D eigenvalue weighted by molar-refractivity contribution is -0.143. The molecule has 0 bridgehead atoms. The van der Waals surface area contributed by atoms with Crippen LogP contribution in [0.1, 0.15) is 47.7 Å². The van der Waals surface area contributed by atoms with Crippen molar-refractivity contribution >= 4 is 27.8 Å². The van der Waals surface area contributed by atoms with E-state index < -0.39 is 35.6 Å². The number of esters is 1. The van der Waals surface area contributed by atoms with Crippen molar-refractivity contribution in [3.63, 3.8) is 0 Å². The highest BCUT2D eigenvalue weighted by Crippen LogP contribution is 2.36. The van der Waals surface area contributed by atoms with Gasteiger partial charge in [-0.3, -0.25) is 9.59 Å². The molecule has 3 N–H and O–H groups in total. The number of halogens is 3. The zero-order valence-electron chi connectivity index (χ0n) is 21.3. The number of ether oxygens (including phenoxy) is 1. The minimum atomic E-state index is -1.22. The molecule has 0 radical (unpaired) electrons. The molecule has 9 heteroatoms. The minimum Gasteiger partial charge on any atom is -0.507 e. The highest BCUT2D eigenvalue weighted by molar-refractivity contribution is 9.10. The number of aryl methyl sites for hydroxylation is 2. The van der Waals surface area contributed by atoms with E-state index in [9.17, 15) is 19.1 Å². The zero-order valence-corrected chi connectivity index (χ0v) is 22.9. The molecule has 200 valence electrons. The number of hydrogen-bond acceptors (Lipinski definition) is 5. The lowest BCUT2D eigenvalue weighted by Gasteiger charge is -2.25. The Morgan fingerprint density at radius 3 is 2.50 bits per heavy atom. The first-order valence-corrected chi connectivity index (χ1v) is 12.7. The molecule has 0 spiro atoms. The maximum absolute atomic E-state index is 15.6. The van der Waals surface area contributed by atoms with Gasteiger partial charge in [0.2, 0.25) is 5.91 Å². The second-order valence-electron chi connectivity index (χ2n) is 8.71. The second kappa shape index (κ2) is 12.7. The number of phenolic OH excluding ortho intramolecular Hbond substituents is 1. The number of phenols is 1. The van der Waals surface area contributed by atoms with Crippen LogP contribution in [0.5, 0.6) is 5.75 Å². The van der Waals surface area contributed by atoms with Crippen LogP contribution in [-0.2, 0) is 14.3 Å². The molecule has 3 rings (SSSR count). The maximum Gasteiger partial charge on any atom is 0.308 e. The molecule has 0 aliphatic rings. The summed E-state index contributed by atoms with van der Waals surface area (Å²) in [6.07, 6.45) is 0.873. The molecule has 0 saturated carbocycles. The topological polar surface area (TPSA) is 87.7 Å². The molecule has 0 saturated heterocycles. The van der Waals surface area contributed by atoms with Crippen LogP contribution < -0.4 is 10.6 Å². The highest BCUT2D eigenvalue weighted by Gasteiger charge is 2.29. The van der Waals surface area contributed by atoms with Gasteiger partial charge >= 0.3 is 5.97 Å². The molecule has 0 aromatic heterocycles. The Hall–Kier alpha value is -3.72. The van der Waals surface area contributed by atoms with Gasteiger partial charge < -0.3 is 20.5 Å². The van der Waals surface area contributed by atoms with Crippen LogP contribution in [0.3, 0.4) is 0 Å². The summed E-state index contributed by atoms with van der Waals surface area (Å²) >= 11 is 3.28. The van der Waals surface area contributed by atoms with E-state index in [1.807, 2.05) is 13.0 Å². The third-order valence-electron chi connectivity index (χ3n) is 6.01. The SMILES string of the molecule is C=CNC(C(=O)N[C@@H](CC(=O)OCC)c1cc(-c2c(C)cccc2O)cc(C)c1F)c1cc(Br)ccc1F. The van der Waals surface area contributed by atoms with Gasteiger partial charge in [-0.25, -0.2) is 8.78 Å². The Kier molecular flexibility index (Phi) is 9.63. The number of amides is 1. The van der Waals surface area contributed by atoms with E-state index in [-0.39, 0.29) is 35.5 Å². The van der Waals surface area contributed by atoms with E-state index >= 15 is 4.39 Å². The number of nitrogens with one attached hydrogen (secondary N) is 2. The van der Waals surface area contributed by atoms with Gasteiger partial charge in [0.25, 0.3) is 0 Å². The Morgan fingerprint density at radius 1 is 1.11 bits per heavy atom. The normalized spacial score (nSPS) is 12.4. The van der Waals surface area contributed by atoms with Crippen LogP contribution >= 0.6 is 15.9 Å². The average Bonchev–Trinajstić information content (AvgIpc) is 2.85. The Labute approximate surface area is 228 Å². The molecule has 2 atom stereocenters. The highest BCUT2D eigenvalue weighted by atomic mass is 79.9. The molecule has 3 aromatic carbocycles. The van der Waals surface area contributed by atoms with Crippen molar-refractivity contribution in [1.29, 1.82) is 0 Å². The van der Waals surface area contributed by atoms with Gasteiger partial charge in [0, 0.05) is 21.2 Å². The quantitative estimate of drug-likeness (QED) is 0.243. The lowest BCUT2D eigenvalue weighted by atomic mass is 9.92. The van der Waals surface area contributed by atoms with Crippen molar-refractivity contribution in [3.05, 3.63) is 99.7 Å². The van der Waals surface area contributed by atoms with Crippen LogP contribution in [0.2, 0.25) is 0 Å². The van der Waals surface area contributed by atoms with Gasteiger partial charge in [-0.15, -0.1) is 0 Å². The average molecular weight is 587 g/mol. The third-order valence-corrected chi connectivity index (χ3v) is 6.50. The first-order valence-electron chi connectivity index (χ1n) is 11.9. The summed E-state index contributed by atoms with van der Waals surface area (Å²) in [6.45, 7) is 8.68. The molecule has 0 fully saturated rings. The smallest absolute Gasteiger partial charge is 0.308 e. The predicted molar refractivity (Wildman–Crippen MR) is 145 cm³/mol. The van der Waals surface area contributed by atoms with Gasteiger partial charge in [0.05, 0.1) is 19.1 Å². The molecule has 0 aliphatic carbocycles. The molecular weight excluding hydrogens is 558 g/mol. The fourth-order valence-electron chi connectivity index (χ4n) is 4.26. The summed E-state index contributed by atoms with van der Waals surface area (Å²) in [5.74, 6) is -2.62. The van der Waals surface area contributed by atoms with E-state index in [1.165, 1.54) is 36.5 Å². The summed E-state index contributed by atoms with van der Waals surface area (Å²) in [4.78, 5) is 26.0. The van der Waals surface area contributed by atoms with Crippen LogP contribution in [0.4, 0.5) is 8.78 Å². The molecule has 6 nitrogen and oxygen atoms in total. The molecule has 0 heterocycles. The second-order valence-corrected chi connectivity index (χ2v) is 9.62.